The minimum atomic E-state index is -0.662. The van der Waals surface area contributed by atoms with Gasteiger partial charge in [-0.1, -0.05) is 0 Å². The maximum Gasteiger partial charge on any atom is 0.320 e. The summed E-state index contributed by atoms with van der Waals surface area (Å²) >= 11 is 0. The molecule has 2 rings (SSSR count). The molecular weight excluding hydrogens is 700 g/mol. The lowest BCUT2D eigenvalue weighted by Crippen LogP contribution is -2.50. The Morgan fingerprint density at radius 1 is 0.593 bits per heavy atom. The fourth-order valence-electron chi connectivity index (χ4n) is 5.44. The molecule has 3 N–H and O–H groups in total. The van der Waals surface area contributed by atoms with E-state index in [0.29, 0.717) is 57.9 Å². The van der Waals surface area contributed by atoms with E-state index in [9.17, 15) is 29.1 Å². The van der Waals surface area contributed by atoms with E-state index in [4.69, 9.17) is 18.9 Å². The molecule has 2 amide bonds. The Morgan fingerprint density at radius 2 is 0.944 bits per heavy atom. The van der Waals surface area contributed by atoms with Crippen molar-refractivity contribution in [2.45, 2.75) is 79.1 Å². The highest BCUT2D eigenvalue weighted by Crippen LogP contribution is 2.26. The third-order valence-electron chi connectivity index (χ3n) is 7.79. The number of aromatic hydroxyl groups is 1. The number of carbonyl (C=O) groups excluding carboxylic acids is 5. The van der Waals surface area contributed by atoms with Crippen LogP contribution in [0, 0.1) is 0 Å². The van der Waals surface area contributed by atoms with Gasteiger partial charge in [0.25, 0.3) is 5.91 Å². The van der Waals surface area contributed by atoms with Gasteiger partial charge in [0.2, 0.25) is 5.91 Å². The fraction of sp³-hybridized carbons (Fsp3) is 0.711. The summed E-state index contributed by atoms with van der Waals surface area (Å²) in [6, 6.07) is 4.27. The van der Waals surface area contributed by atoms with E-state index in [2.05, 4.69) is 10.6 Å². The number of ether oxygens (including phenoxy) is 4. The number of hydrogen-bond donors (Lipinski definition) is 3. The van der Waals surface area contributed by atoms with E-state index >= 15 is 0 Å². The molecule has 1 aromatic rings. The van der Waals surface area contributed by atoms with Crippen molar-refractivity contribution in [1.82, 2.24) is 30.2 Å². The number of amides is 2. The summed E-state index contributed by atoms with van der Waals surface area (Å²) in [6.07, 6.45) is 0. The number of nitrogens with one attached hydrogen (secondary N) is 2. The zero-order valence-electron chi connectivity index (χ0n) is 34.0. The van der Waals surface area contributed by atoms with Gasteiger partial charge in [-0.25, -0.2) is 0 Å². The van der Waals surface area contributed by atoms with E-state index in [1.54, 1.807) is 0 Å². The molecule has 0 aromatic heterocycles. The Morgan fingerprint density at radius 3 is 1.30 bits per heavy atom. The molecule has 16 heteroatoms. The number of hydrogen-bond acceptors (Lipinski definition) is 14. The molecule has 1 aliphatic rings. The van der Waals surface area contributed by atoms with Crippen LogP contribution in [0.2, 0.25) is 0 Å². The molecule has 0 unspecified atom stereocenters. The van der Waals surface area contributed by atoms with Crippen LogP contribution >= 0.6 is 0 Å². The molecular formula is C38H64N6O10. The van der Waals surface area contributed by atoms with Crippen molar-refractivity contribution in [3.63, 3.8) is 0 Å². The second kappa shape index (κ2) is 21.2. The Kier molecular flexibility index (Phi) is 18.1. The SMILES string of the molecule is COc1cc(C(=O)NCCNC(=O)CN2CCN(CC(=O)OC(C)(C)C)CCN(CC(=O)OC(C)(C)C)CCN(CC(=O)OC(C)(C)C)CC2)ccc1O. The van der Waals surface area contributed by atoms with Gasteiger partial charge in [0, 0.05) is 71.0 Å². The highest BCUT2D eigenvalue weighted by molar-refractivity contribution is 5.94. The van der Waals surface area contributed by atoms with Crippen LogP contribution in [0.4, 0.5) is 0 Å². The van der Waals surface area contributed by atoms with Crippen LogP contribution < -0.4 is 15.4 Å². The van der Waals surface area contributed by atoms with Crippen LogP contribution in [0.25, 0.3) is 0 Å². The number of esters is 3. The second-order valence-corrected chi connectivity index (χ2v) is 16.4. The smallest absolute Gasteiger partial charge is 0.320 e. The number of rotatable bonds is 13. The molecule has 1 aliphatic heterocycles. The first kappa shape index (κ1) is 46.2. The van der Waals surface area contributed by atoms with Crippen molar-refractivity contribution < 1.29 is 48.0 Å². The maximum absolute atomic E-state index is 13.2. The van der Waals surface area contributed by atoms with Crippen LogP contribution in [0.15, 0.2) is 18.2 Å². The van der Waals surface area contributed by atoms with E-state index in [0.717, 1.165) is 0 Å². The first-order valence-electron chi connectivity index (χ1n) is 18.5. The summed E-state index contributed by atoms with van der Waals surface area (Å²) in [4.78, 5) is 72.3. The van der Waals surface area contributed by atoms with Gasteiger partial charge in [0.15, 0.2) is 11.5 Å². The summed E-state index contributed by atoms with van der Waals surface area (Å²) in [5.41, 5.74) is -1.68. The molecule has 54 heavy (non-hydrogen) atoms. The quantitative estimate of drug-likeness (QED) is 0.150. The monoisotopic (exact) mass is 764 g/mol. The molecule has 0 spiro atoms. The van der Waals surface area contributed by atoms with Crippen molar-refractivity contribution in [3.05, 3.63) is 23.8 Å². The third-order valence-corrected chi connectivity index (χ3v) is 7.79. The molecule has 0 saturated carbocycles. The van der Waals surface area contributed by atoms with Crippen LogP contribution in [-0.4, -0.2) is 170 Å². The normalized spacial score (nSPS) is 16.3. The summed E-state index contributed by atoms with van der Waals surface area (Å²) in [7, 11) is 1.39. The lowest BCUT2D eigenvalue weighted by Gasteiger charge is -2.34. The standard InChI is InChI=1S/C38H64N6O10/c1-36(2,3)52-32(47)25-42-17-15-41(24-31(46)39-13-14-40-35(50)28-11-12-29(45)30(23-28)51-10)16-18-43(26-33(48)53-37(4,5)6)20-22-44(21-19-42)27-34(49)54-38(7,8)9/h11-12,23,45H,13-22,24-27H2,1-10H3,(H,39,46)(H,40,50). The first-order valence-corrected chi connectivity index (χ1v) is 18.5. The highest BCUT2D eigenvalue weighted by Gasteiger charge is 2.26. The molecule has 0 aliphatic carbocycles. The van der Waals surface area contributed by atoms with Crippen molar-refractivity contribution >= 4 is 29.7 Å². The number of phenolic OH excluding ortho intramolecular Hbond substituents is 1. The summed E-state index contributed by atoms with van der Waals surface area (Å²) in [5.74, 6) is -1.68. The molecule has 0 bridgehead atoms. The van der Waals surface area contributed by atoms with Crippen molar-refractivity contribution in [1.29, 1.82) is 0 Å². The minimum absolute atomic E-state index is 0.0228. The average Bonchev–Trinajstić information content (AvgIpc) is 3.01. The van der Waals surface area contributed by atoms with Gasteiger partial charge in [0.05, 0.1) is 33.3 Å². The average molecular weight is 765 g/mol. The predicted molar refractivity (Wildman–Crippen MR) is 203 cm³/mol. The van der Waals surface area contributed by atoms with Crippen LogP contribution in [0.3, 0.4) is 0 Å². The Bertz CT molecular complexity index is 1360. The Labute approximate surface area is 320 Å². The Balaban J connectivity index is 2.18. The number of methoxy groups -OCH3 is 1. The molecule has 1 aromatic carbocycles. The van der Waals surface area contributed by atoms with Gasteiger partial charge >= 0.3 is 17.9 Å². The summed E-state index contributed by atoms with van der Waals surface area (Å²) in [6.45, 7) is 20.2. The number of nitrogens with zero attached hydrogens (tertiary/aromatic N) is 4. The van der Waals surface area contributed by atoms with Gasteiger partial charge in [-0.2, -0.15) is 0 Å². The van der Waals surface area contributed by atoms with Gasteiger partial charge in [0.1, 0.15) is 16.8 Å². The van der Waals surface area contributed by atoms with Crippen LogP contribution in [0.1, 0.15) is 72.7 Å². The highest BCUT2D eigenvalue weighted by atomic mass is 16.6. The number of carbonyl (C=O) groups is 5. The van der Waals surface area contributed by atoms with Crippen molar-refractivity contribution in [3.8, 4) is 11.5 Å². The minimum Gasteiger partial charge on any atom is -0.504 e. The summed E-state index contributed by atoms with van der Waals surface area (Å²) < 4.78 is 21.9. The topological polar surface area (TPSA) is 180 Å². The predicted octanol–water partition coefficient (Wildman–Crippen LogP) is 1.49. The third kappa shape index (κ3) is 19.9. The lowest BCUT2D eigenvalue weighted by atomic mass is 10.2. The van der Waals surface area contributed by atoms with E-state index < -0.39 is 16.8 Å². The first-order chi connectivity index (χ1) is 25.0. The number of phenols is 1. The zero-order chi connectivity index (χ0) is 40.7. The second-order valence-electron chi connectivity index (χ2n) is 16.4. The van der Waals surface area contributed by atoms with E-state index in [1.165, 1.54) is 25.3 Å². The molecule has 0 radical (unpaired) electrons. The van der Waals surface area contributed by atoms with Gasteiger partial charge in [-0.05, 0) is 80.5 Å². The van der Waals surface area contributed by atoms with E-state index in [-0.39, 0.29) is 80.5 Å². The van der Waals surface area contributed by atoms with Gasteiger partial charge < -0.3 is 34.7 Å². The largest absolute Gasteiger partial charge is 0.504 e. The molecule has 16 nitrogen and oxygen atoms in total. The molecule has 0 atom stereocenters. The zero-order valence-corrected chi connectivity index (χ0v) is 34.0. The molecule has 1 fully saturated rings. The van der Waals surface area contributed by atoms with Crippen molar-refractivity contribution in [2.24, 2.45) is 0 Å². The molecule has 306 valence electrons. The van der Waals surface area contributed by atoms with Gasteiger partial charge in [-0.15, -0.1) is 0 Å². The maximum atomic E-state index is 13.2. The fourth-order valence-corrected chi connectivity index (χ4v) is 5.44. The summed E-state index contributed by atoms with van der Waals surface area (Å²) in [5, 5.41) is 15.4. The lowest BCUT2D eigenvalue weighted by molar-refractivity contribution is -0.158. The van der Waals surface area contributed by atoms with Crippen molar-refractivity contribution in [2.75, 3.05) is 98.7 Å². The Hall–Kier alpha value is -3.99. The van der Waals surface area contributed by atoms with E-state index in [1.807, 2.05) is 81.9 Å². The van der Waals surface area contributed by atoms with Crippen LogP contribution in [-0.2, 0) is 33.4 Å². The van der Waals surface area contributed by atoms with Gasteiger partial charge in [-0.3, -0.25) is 43.6 Å². The van der Waals surface area contributed by atoms with Crippen LogP contribution in [0.5, 0.6) is 11.5 Å². The number of benzene rings is 1. The molecule has 1 saturated heterocycles. The molecule has 1 heterocycles.